The van der Waals surface area contributed by atoms with E-state index in [2.05, 4.69) is 44.7 Å². The van der Waals surface area contributed by atoms with Gasteiger partial charge in [0.2, 0.25) is 5.91 Å². The Morgan fingerprint density at radius 1 is 1.03 bits per heavy atom. The van der Waals surface area contributed by atoms with Crippen molar-refractivity contribution in [2.24, 2.45) is 9.98 Å². The van der Waals surface area contributed by atoms with Crippen LogP contribution in [0.15, 0.2) is 88.9 Å². The number of benzene rings is 3. The highest BCUT2D eigenvalue weighted by Gasteiger charge is 2.34. The second-order valence-corrected chi connectivity index (χ2v) is 15.9. The van der Waals surface area contributed by atoms with E-state index in [0.717, 1.165) is 38.3 Å². The summed E-state index contributed by atoms with van der Waals surface area (Å²) in [6.07, 6.45) is -3.42. The molecule has 0 radical (unpaired) electrons. The van der Waals surface area contributed by atoms with E-state index in [-0.39, 0.29) is 30.1 Å². The third-order valence-corrected chi connectivity index (χ3v) is 11.5. The maximum atomic E-state index is 13.5. The molecule has 3 aromatic carbocycles. The van der Waals surface area contributed by atoms with Crippen LogP contribution in [-0.2, 0) is 4.79 Å². The zero-order valence-corrected chi connectivity index (χ0v) is 33.6. The molecule has 12 nitrogen and oxygen atoms in total. The summed E-state index contributed by atoms with van der Waals surface area (Å²) >= 11 is 9.23. The van der Waals surface area contributed by atoms with Gasteiger partial charge in [0.15, 0.2) is 11.0 Å². The predicted octanol–water partition coefficient (Wildman–Crippen LogP) is 8.02. The molecule has 58 heavy (non-hydrogen) atoms. The molecule has 0 aliphatic carbocycles. The number of nitrogens with zero attached hydrogens (tertiary/aromatic N) is 5. The van der Waals surface area contributed by atoms with Crippen molar-refractivity contribution in [3.63, 3.8) is 0 Å². The highest BCUT2D eigenvalue weighted by atomic mass is 35.5. The van der Waals surface area contributed by atoms with E-state index in [1.165, 1.54) is 36.0 Å². The average Bonchev–Trinajstić information content (AvgIpc) is 3.67. The van der Waals surface area contributed by atoms with Crippen molar-refractivity contribution in [2.45, 2.75) is 39.6 Å². The molecule has 7 rings (SSSR count). The molecule has 2 aliphatic rings. The Morgan fingerprint density at radius 3 is 2.55 bits per heavy atom. The third kappa shape index (κ3) is 9.01. The molecular weight excluding hydrogens is 811 g/mol. The molecule has 2 amide bonds. The Kier molecular flexibility index (Phi) is 11.8. The minimum Gasteiger partial charge on any atom is -0.405 e. The van der Waals surface area contributed by atoms with Crippen LogP contribution >= 0.6 is 34.7 Å². The Morgan fingerprint density at radius 2 is 1.78 bits per heavy atom. The van der Waals surface area contributed by atoms with Crippen LogP contribution < -0.4 is 20.7 Å². The summed E-state index contributed by atoms with van der Waals surface area (Å²) in [6, 6.07) is 19.2. The summed E-state index contributed by atoms with van der Waals surface area (Å²) in [7, 11) is 0. The number of carbonyl (C=O) groups excluding carboxylic acids is 2. The van der Waals surface area contributed by atoms with Gasteiger partial charge in [-0.15, -0.1) is 34.7 Å². The van der Waals surface area contributed by atoms with Gasteiger partial charge in [-0.05, 0) is 62.7 Å². The lowest BCUT2D eigenvalue weighted by atomic mass is 9.99. The topological polar surface area (TPSA) is 159 Å². The zero-order chi connectivity index (χ0) is 41.1. The third-order valence-electron chi connectivity index (χ3n) is 9.17. The molecule has 0 saturated carbocycles. The molecule has 5 aromatic rings. The number of aromatic nitrogens is 3. The number of nitrogens with one attached hydrogen (secondary N) is 4. The number of rotatable bonds is 11. The molecular formula is C40H35ClF3N9O3S2. The van der Waals surface area contributed by atoms with Gasteiger partial charge in [0, 0.05) is 38.9 Å². The highest BCUT2D eigenvalue weighted by Crippen LogP contribution is 2.40. The molecule has 1 atom stereocenters. The minimum absolute atomic E-state index is 0.0230. The van der Waals surface area contributed by atoms with Crippen LogP contribution in [0.4, 0.5) is 18.9 Å². The number of carbonyl (C=O) groups is 2. The van der Waals surface area contributed by atoms with Crippen molar-refractivity contribution in [2.75, 3.05) is 18.8 Å². The Hall–Kier alpha value is -5.78. The van der Waals surface area contributed by atoms with Crippen LogP contribution in [0.2, 0.25) is 5.02 Å². The number of halogens is 4. The first-order chi connectivity index (χ1) is 27.8. The summed E-state index contributed by atoms with van der Waals surface area (Å²) in [5, 5.41) is 28.2. The van der Waals surface area contributed by atoms with E-state index in [9.17, 15) is 22.8 Å². The van der Waals surface area contributed by atoms with Crippen LogP contribution in [0.5, 0.6) is 5.75 Å². The number of thioether (sulfide) groups is 1. The highest BCUT2D eigenvalue weighted by molar-refractivity contribution is 8.13. The zero-order valence-electron chi connectivity index (χ0n) is 31.2. The normalized spacial score (nSPS) is 15.2. The summed E-state index contributed by atoms with van der Waals surface area (Å²) in [5.74, 6) is 0.0435. The van der Waals surface area contributed by atoms with E-state index in [1.54, 1.807) is 11.3 Å². The molecule has 298 valence electrons. The quantitative estimate of drug-likeness (QED) is 0.0775. The van der Waals surface area contributed by atoms with E-state index < -0.39 is 24.1 Å². The molecule has 0 unspecified atom stereocenters. The largest absolute Gasteiger partial charge is 0.573 e. The molecule has 0 saturated heterocycles. The fourth-order valence-electron chi connectivity index (χ4n) is 6.38. The van der Waals surface area contributed by atoms with Crippen molar-refractivity contribution >= 4 is 74.5 Å². The van der Waals surface area contributed by atoms with Crippen LogP contribution in [0.3, 0.4) is 0 Å². The van der Waals surface area contributed by atoms with Crippen molar-refractivity contribution in [3.05, 3.63) is 128 Å². The van der Waals surface area contributed by atoms with Crippen molar-refractivity contribution in [1.29, 1.82) is 5.41 Å². The first-order valence-electron chi connectivity index (χ1n) is 17.9. The van der Waals surface area contributed by atoms with Gasteiger partial charge in [0.1, 0.15) is 22.6 Å². The van der Waals surface area contributed by atoms with Gasteiger partial charge in [-0.3, -0.25) is 19.1 Å². The summed E-state index contributed by atoms with van der Waals surface area (Å²) in [5.41, 5.74) is 5.27. The van der Waals surface area contributed by atoms with Gasteiger partial charge < -0.3 is 26.1 Å². The number of hydrogen-bond acceptors (Lipinski definition) is 11. The van der Waals surface area contributed by atoms with Crippen molar-refractivity contribution < 1.29 is 27.5 Å². The second-order valence-electron chi connectivity index (χ2n) is 13.2. The SMILES string of the molecule is Cc1sc2c(c1C)C(c1ccc(Cl)cc1)=N[C@@H](CC(=O)NCCSC1=Nc3ccccc3/C(=C/C(=N)CNC(=O)c3ccccc3OC(F)(F)F)N1)c1nnc(C)n1-2. The van der Waals surface area contributed by atoms with Gasteiger partial charge >= 0.3 is 6.36 Å². The Balaban J connectivity index is 0.995. The monoisotopic (exact) mass is 845 g/mol. The molecule has 18 heteroatoms. The number of para-hydroxylation sites is 2. The lowest BCUT2D eigenvalue weighted by molar-refractivity contribution is -0.274. The van der Waals surface area contributed by atoms with Crippen molar-refractivity contribution in [3.8, 4) is 10.8 Å². The van der Waals surface area contributed by atoms with Crippen molar-refractivity contribution in [1.82, 2.24) is 30.7 Å². The maximum absolute atomic E-state index is 13.5. The fourth-order valence-corrected chi connectivity index (χ4v) is 8.47. The number of aryl methyl sites for hydroxylation is 2. The Bertz CT molecular complexity index is 2510. The molecule has 4 N–H and O–H groups in total. The Labute approximate surface area is 344 Å². The van der Waals surface area contributed by atoms with E-state index in [0.29, 0.717) is 51.1 Å². The summed E-state index contributed by atoms with van der Waals surface area (Å²) in [6.45, 7) is 6.06. The molecule has 2 aliphatic heterocycles. The molecule has 4 heterocycles. The minimum atomic E-state index is -4.97. The number of thiophene rings is 1. The van der Waals surface area contributed by atoms with Gasteiger partial charge in [0.25, 0.3) is 5.91 Å². The van der Waals surface area contributed by atoms with Crippen LogP contribution in [0.25, 0.3) is 10.7 Å². The van der Waals surface area contributed by atoms with Gasteiger partial charge in [-0.25, -0.2) is 4.99 Å². The second kappa shape index (κ2) is 17.0. The number of ether oxygens (including phenoxy) is 1. The number of alkyl halides is 3. The summed E-state index contributed by atoms with van der Waals surface area (Å²) in [4.78, 5) is 37.3. The lowest BCUT2D eigenvalue weighted by Crippen LogP contribution is -2.31. The van der Waals surface area contributed by atoms with E-state index >= 15 is 0 Å². The van der Waals surface area contributed by atoms with Crippen LogP contribution in [0, 0.1) is 26.2 Å². The predicted molar refractivity (Wildman–Crippen MR) is 221 cm³/mol. The average molecular weight is 846 g/mol. The van der Waals surface area contributed by atoms with E-state index in [4.69, 9.17) is 27.0 Å². The first kappa shape index (κ1) is 40.4. The first-order valence-corrected chi connectivity index (χ1v) is 20.1. The maximum Gasteiger partial charge on any atom is 0.573 e. The van der Waals surface area contributed by atoms with E-state index in [1.807, 2.05) is 60.0 Å². The molecule has 0 fully saturated rings. The standard InChI is InChI=1S/C40H35ClF3N9O3S2/c1-21-22(2)58-38-34(21)35(24-12-14-25(41)15-13-24)48-31(36-52-51-23(3)53(36)38)19-33(54)46-16-17-57-39-49-29-10-6-4-8-27(29)30(50-39)18-26(45)20-47-37(55)28-9-5-7-11-32(28)56-40(42,43)44/h4-15,18,31,45H,16-17,19-20H2,1-3H3,(H,46,54)(H,47,55)(H,49,50)/b30-18-,45-26?/t31-/m0/s1. The number of hydrogen-bond donors (Lipinski definition) is 4. The van der Waals surface area contributed by atoms with Gasteiger partial charge in [-0.2, -0.15) is 0 Å². The molecule has 2 aromatic heterocycles. The van der Waals surface area contributed by atoms with Crippen LogP contribution in [0.1, 0.15) is 61.6 Å². The fraction of sp³-hybridized carbons (Fsp3) is 0.225. The molecule has 0 spiro atoms. The lowest BCUT2D eigenvalue weighted by Gasteiger charge is -2.20. The smallest absolute Gasteiger partial charge is 0.405 e. The van der Waals surface area contributed by atoms with Gasteiger partial charge in [0.05, 0.1) is 41.3 Å². The summed E-state index contributed by atoms with van der Waals surface area (Å²) < 4.78 is 44.6. The van der Waals surface area contributed by atoms with Gasteiger partial charge in [-0.1, -0.05) is 65.8 Å². The number of amidine groups is 1. The number of aliphatic imine (C=N–C) groups is 2. The molecule has 0 bridgehead atoms. The van der Waals surface area contributed by atoms with Crippen LogP contribution in [-0.4, -0.2) is 68.4 Å². The number of amides is 2. The number of fused-ring (bicyclic) bond motifs is 4.